The summed E-state index contributed by atoms with van der Waals surface area (Å²) in [7, 11) is 1.55. The summed E-state index contributed by atoms with van der Waals surface area (Å²) in [5.74, 6) is -0.638. The van der Waals surface area contributed by atoms with Crippen LogP contribution in [0, 0.1) is 12.7 Å². The third-order valence-electron chi connectivity index (χ3n) is 3.51. The number of hydrogen-bond donors (Lipinski definition) is 1. The van der Waals surface area contributed by atoms with E-state index >= 15 is 0 Å². The average molecular weight is 303 g/mol. The van der Waals surface area contributed by atoms with Gasteiger partial charge in [0.15, 0.2) is 0 Å². The van der Waals surface area contributed by atoms with Gasteiger partial charge >= 0.3 is 0 Å². The first-order chi connectivity index (χ1) is 10.0. The second kappa shape index (κ2) is 6.76. The van der Waals surface area contributed by atoms with Gasteiger partial charge < -0.3 is 5.32 Å². The Hall–Kier alpha value is -1.81. The maximum atomic E-state index is 13.7. The standard InChI is InChI=1S/C17H18FNOS/c1-11-13(8-12-4-6-15(21-3)7-5-12)9-14(18)10-16(11)17(20)19-2/h4-7,9-10H,8H2,1-3H3,(H,19,20). The van der Waals surface area contributed by atoms with Crippen molar-refractivity contribution in [3.8, 4) is 0 Å². The molecule has 0 aliphatic heterocycles. The highest BCUT2D eigenvalue weighted by molar-refractivity contribution is 7.98. The molecular formula is C17H18FNOS. The van der Waals surface area contributed by atoms with Crippen molar-refractivity contribution in [3.63, 3.8) is 0 Å². The summed E-state index contributed by atoms with van der Waals surface area (Å²) in [6.45, 7) is 1.86. The number of thioether (sulfide) groups is 1. The minimum absolute atomic E-state index is 0.258. The monoisotopic (exact) mass is 303 g/mol. The molecule has 0 aliphatic rings. The molecule has 1 amide bonds. The van der Waals surface area contributed by atoms with Gasteiger partial charge in [-0.05, 0) is 60.6 Å². The molecular weight excluding hydrogens is 285 g/mol. The van der Waals surface area contributed by atoms with Crippen LogP contribution in [-0.4, -0.2) is 19.2 Å². The molecule has 110 valence electrons. The zero-order chi connectivity index (χ0) is 15.4. The van der Waals surface area contributed by atoms with Crippen molar-refractivity contribution in [2.75, 3.05) is 13.3 Å². The Balaban J connectivity index is 2.34. The first-order valence-corrected chi connectivity index (χ1v) is 7.91. The van der Waals surface area contributed by atoms with Gasteiger partial charge in [-0.3, -0.25) is 4.79 Å². The molecule has 0 saturated carbocycles. The number of nitrogens with one attached hydrogen (secondary N) is 1. The highest BCUT2D eigenvalue weighted by Gasteiger charge is 2.13. The molecule has 0 bridgehead atoms. The van der Waals surface area contributed by atoms with E-state index in [0.717, 1.165) is 16.7 Å². The number of benzene rings is 2. The van der Waals surface area contributed by atoms with Gasteiger partial charge in [0.1, 0.15) is 5.82 Å². The van der Waals surface area contributed by atoms with E-state index in [1.165, 1.54) is 17.0 Å². The topological polar surface area (TPSA) is 29.1 Å². The SMILES string of the molecule is CNC(=O)c1cc(F)cc(Cc2ccc(SC)cc2)c1C. The van der Waals surface area contributed by atoms with Crippen LogP contribution in [0.15, 0.2) is 41.3 Å². The molecule has 0 unspecified atom stereocenters. The molecule has 2 rings (SSSR count). The first kappa shape index (κ1) is 15.6. The molecule has 2 aromatic carbocycles. The molecule has 0 aliphatic carbocycles. The van der Waals surface area contributed by atoms with Crippen molar-refractivity contribution < 1.29 is 9.18 Å². The lowest BCUT2D eigenvalue weighted by Gasteiger charge is -2.11. The molecule has 1 N–H and O–H groups in total. The fourth-order valence-electron chi connectivity index (χ4n) is 2.25. The number of halogens is 1. The summed E-state index contributed by atoms with van der Waals surface area (Å²) in [4.78, 5) is 13.0. The Labute approximate surface area is 128 Å². The van der Waals surface area contributed by atoms with Crippen LogP contribution in [0.3, 0.4) is 0 Å². The van der Waals surface area contributed by atoms with Crippen LogP contribution < -0.4 is 5.32 Å². The van der Waals surface area contributed by atoms with Crippen molar-refractivity contribution in [1.82, 2.24) is 5.32 Å². The van der Waals surface area contributed by atoms with Gasteiger partial charge in [0, 0.05) is 17.5 Å². The van der Waals surface area contributed by atoms with E-state index in [-0.39, 0.29) is 11.7 Å². The lowest BCUT2D eigenvalue weighted by Crippen LogP contribution is -2.20. The molecule has 0 heterocycles. The second-order valence-electron chi connectivity index (χ2n) is 4.84. The third kappa shape index (κ3) is 3.64. The minimum Gasteiger partial charge on any atom is -0.355 e. The normalized spacial score (nSPS) is 10.5. The highest BCUT2D eigenvalue weighted by Crippen LogP contribution is 2.21. The first-order valence-electron chi connectivity index (χ1n) is 6.69. The molecule has 0 fully saturated rings. The average Bonchev–Trinajstić information content (AvgIpc) is 2.50. The fourth-order valence-corrected chi connectivity index (χ4v) is 2.66. The Kier molecular flexibility index (Phi) is 5.02. The third-order valence-corrected chi connectivity index (χ3v) is 4.25. The predicted octanol–water partition coefficient (Wildman–Crippen LogP) is 3.81. The number of amides is 1. The summed E-state index contributed by atoms with van der Waals surface area (Å²) >= 11 is 1.69. The smallest absolute Gasteiger partial charge is 0.251 e. The lowest BCUT2D eigenvalue weighted by molar-refractivity contribution is 0.0962. The molecule has 4 heteroatoms. The summed E-state index contributed by atoms with van der Waals surface area (Å²) in [5, 5.41) is 2.55. The van der Waals surface area contributed by atoms with Crippen molar-refractivity contribution >= 4 is 17.7 Å². The predicted molar refractivity (Wildman–Crippen MR) is 85.6 cm³/mol. The van der Waals surface area contributed by atoms with Crippen LogP contribution in [0.2, 0.25) is 0 Å². The molecule has 2 aromatic rings. The van der Waals surface area contributed by atoms with Crippen molar-refractivity contribution in [2.24, 2.45) is 0 Å². The summed E-state index contributed by atoms with van der Waals surface area (Å²) < 4.78 is 13.7. The quantitative estimate of drug-likeness (QED) is 0.870. The summed E-state index contributed by atoms with van der Waals surface area (Å²) in [6, 6.07) is 11.0. The molecule has 0 saturated heterocycles. The summed E-state index contributed by atoms with van der Waals surface area (Å²) in [5.41, 5.74) is 3.16. The van der Waals surface area contributed by atoms with Crippen molar-refractivity contribution in [2.45, 2.75) is 18.2 Å². The Morgan fingerprint density at radius 2 is 1.90 bits per heavy atom. The largest absolute Gasteiger partial charge is 0.355 e. The van der Waals surface area contributed by atoms with Crippen LogP contribution in [0.25, 0.3) is 0 Å². The number of carbonyl (C=O) groups is 1. The fraction of sp³-hybridized carbons (Fsp3) is 0.235. The Bertz CT molecular complexity index is 653. The maximum absolute atomic E-state index is 13.7. The molecule has 2 nitrogen and oxygen atoms in total. The number of hydrogen-bond acceptors (Lipinski definition) is 2. The van der Waals surface area contributed by atoms with Gasteiger partial charge in [0.25, 0.3) is 5.91 Å². The van der Waals surface area contributed by atoms with Crippen LogP contribution in [0.4, 0.5) is 4.39 Å². The van der Waals surface area contributed by atoms with E-state index in [1.807, 2.05) is 37.4 Å². The Morgan fingerprint density at radius 1 is 1.24 bits per heavy atom. The number of rotatable bonds is 4. The van der Waals surface area contributed by atoms with Crippen LogP contribution in [-0.2, 0) is 6.42 Å². The maximum Gasteiger partial charge on any atom is 0.251 e. The molecule has 21 heavy (non-hydrogen) atoms. The highest BCUT2D eigenvalue weighted by atomic mass is 32.2. The summed E-state index contributed by atoms with van der Waals surface area (Å²) in [6.07, 6.45) is 2.64. The molecule has 0 spiro atoms. The van der Waals surface area contributed by atoms with E-state index < -0.39 is 0 Å². The number of carbonyl (C=O) groups excluding carboxylic acids is 1. The van der Waals surface area contributed by atoms with E-state index in [0.29, 0.717) is 12.0 Å². The van der Waals surface area contributed by atoms with Gasteiger partial charge in [0.05, 0.1) is 0 Å². The van der Waals surface area contributed by atoms with Crippen molar-refractivity contribution in [1.29, 1.82) is 0 Å². The zero-order valence-corrected chi connectivity index (χ0v) is 13.2. The van der Waals surface area contributed by atoms with Gasteiger partial charge in [-0.2, -0.15) is 0 Å². The minimum atomic E-state index is -0.380. The van der Waals surface area contributed by atoms with Gasteiger partial charge in [-0.15, -0.1) is 11.8 Å². The van der Waals surface area contributed by atoms with E-state index in [9.17, 15) is 9.18 Å². The second-order valence-corrected chi connectivity index (χ2v) is 5.72. The van der Waals surface area contributed by atoms with E-state index in [1.54, 1.807) is 18.8 Å². The lowest BCUT2D eigenvalue weighted by atomic mass is 9.96. The Morgan fingerprint density at radius 3 is 2.48 bits per heavy atom. The zero-order valence-electron chi connectivity index (χ0n) is 12.4. The van der Waals surface area contributed by atoms with Gasteiger partial charge in [0.2, 0.25) is 0 Å². The molecule has 0 atom stereocenters. The van der Waals surface area contributed by atoms with Crippen LogP contribution in [0.5, 0.6) is 0 Å². The van der Waals surface area contributed by atoms with Crippen LogP contribution in [0.1, 0.15) is 27.0 Å². The van der Waals surface area contributed by atoms with E-state index in [2.05, 4.69) is 5.32 Å². The van der Waals surface area contributed by atoms with Crippen LogP contribution >= 0.6 is 11.8 Å². The van der Waals surface area contributed by atoms with Gasteiger partial charge in [-0.25, -0.2) is 4.39 Å². The molecule has 0 radical (unpaired) electrons. The van der Waals surface area contributed by atoms with E-state index in [4.69, 9.17) is 0 Å². The van der Waals surface area contributed by atoms with Gasteiger partial charge in [-0.1, -0.05) is 12.1 Å². The molecule has 0 aromatic heterocycles. The van der Waals surface area contributed by atoms with Crippen molar-refractivity contribution in [3.05, 3.63) is 64.5 Å².